The fourth-order valence-corrected chi connectivity index (χ4v) is 2.24. The fourth-order valence-electron chi connectivity index (χ4n) is 2.24. The van der Waals surface area contributed by atoms with E-state index in [1.54, 1.807) is 0 Å². The van der Waals surface area contributed by atoms with Crippen LogP contribution in [-0.4, -0.2) is 16.4 Å². The van der Waals surface area contributed by atoms with Crippen molar-refractivity contribution in [2.75, 3.05) is 6.61 Å². The number of nitrogens with one attached hydrogen (secondary N) is 1. The third-order valence-electron chi connectivity index (χ3n) is 3.03. The zero-order valence-electron chi connectivity index (χ0n) is 11.6. The molecule has 2 aromatic rings. The molecule has 2 rings (SSSR count). The van der Waals surface area contributed by atoms with Gasteiger partial charge in [-0.15, -0.1) is 0 Å². The smallest absolute Gasteiger partial charge is 0.124 e. The minimum atomic E-state index is -0.144. The largest absolute Gasteiger partial charge is 0.494 e. The highest BCUT2D eigenvalue weighted by Crippen LogP contribution is 2.29. The van der Waals surface area contributed by atoms with Crippen molar-refractivity contribution in [1.29, 1.82) is 0 Å². The van der Waals surface area contributed by atoms with E-state index < -0.39 is 0 Å². The molecule has 0 bridgehead atoms. The first kappa shape index (κ1) is 13.6. The molecule has 19 heavy (non-hydrogen) atoms. The number of nitrogens with zero attached hydrogens (tertiary/aromatic N) is 2. The molecule has 1 heterocycles. The third-order valence-corrected chi connectivity index (χ3v) is 3.03. The molecule has 1 aromatic heterocycles. The van der Waals surface area contributed by atoms with Crippen LogP contribution < -0.4 is 16.0 Å². The van der Waals surface area contributed by atoms with E-state index in [-0.39, 0.29) is 6.04 Å². The molecule has 0 aliphatic rings. The van der Waals surface area contributed by atoms with Gasteiger partial charge in [-0.2, -0.15) is 5.10 Å². The van der Waals surface area contributed by atoms with Crippen molar-refractivity contribution in [1.82, 2.24) is 15.2 Å². The minimum absolute atomic E-state index is 0.144. The van der Waals surface area contributed by atoms with Crippen molar-refractivity contribution < 1.29 is 4.74 Å². The number of benzene rings is 1. The molecule has 5 nitrogen and oxygen atoms in total. The third kappa shape index (κ3) is 2.77. The van der Waals surface area contributed by atoms with Crippen LogP contribution in [0, 0.1) is 6.92 Å². The number of nitrogens with two attached hydrogens (primary N) is 1. The summed E-state index contributed by atoms with van der Waals surface area (Å²) in [6.45, 7) is 4.56. The minimum Gasteiger partial charge on any atom is -0.494 e. The monoisotopic (exact) mass is 260 g/mol. The molecule has 0 radical (unpaired) electrons. The summed E-state index contributed by atoms with van der Waals surface area (Å²) in [6.07, 6.45) is 0. The lowest BCUT2D eigenvalue weighted by molar-refractivity contribution is 0.333. The van der Waals surface area contributed by atoms with Gasteiger partial charge in [0.2, 0.25) is 0 Å². The Hall–Kier alpha value is -1.85. The summed E-state index contributed by atoms with van der Waals surface area (Å²) in [6, 6.07) is 9.77. The van der Waals surface area contributed by atoms with Crippen LogP contribution in [0.25, 0.3) is 0 Å². The van der Waals surface area contributed by atoms with E-state index in [0.717, 1.165) is 22.7 Å². The second-order valence-corrected chi connectivity index (χ2v) is 4.40. The van der Waals surface area contributed by atoms with Crippen LogP contribution in [0.2, 0.25) is 0 Å². The van der Waals surface area contributed by atoms with E-state index in [2.05, 4.69) is 10.5 Å². The maximum atomic E-state index is 5.73. The van der Waals surface area contributed by atoms with E-state index in [4.69, 9.17) is 10.6 Å². The Bertz CT molecular complexity index is 550. The van der Waals surface area contributed by atoms with Crippen molar-refractivity contribution >= 4 is 0 Å². The SMILES string of the molecule is CCOc1ccccc1C(NN)c1cc(C)nn1C. The lowest BCUT2D eigenvalue weighted by atomic mass is 10.0. The summed E-state index contributed by atoms with van der Waals surface area (Å²) in [7, 11) is 1.91. The van der Waals surface area contributed by atoms with Gasteiger partial charge in [0.1, 0.15) is 5.75 Å². The predicted octanol–water partition coefficient (Wildman–Crippen LogP) is 1.68. The second-order valence-electron chi connectivity index (χ2n) is 4.40. The standard InChI is InChI=1S/C14H20N4O/c1-4-19-13-8-6-5-7-11(13)14(16-15)12-9-10(2)17-18(12)3/h5-9,14,16H,4,15H2,1-3H3. The van der Waals surface area contributed by atoms with E-state index in [1.807, 2.05) is 55.9 Å². The highest BCUT2D eigenvalue weighted by molar-refractivity contribution is 5.40. The second kappa shape index (κ2) is 5.86. The van der Waals surface area contributed by atoms with Crippen LogP contribution in [0.5, 0.6) is 5.75 Å². The average Bonchev–Trinajstić information content (AvgIpc) is 2.72. The average molecular weight is 260 g/mol. The van der Waals surface area contributed by atoms with Crippen molar-refractivity contribution in [3.63, 3.8) is 0 Å². The van der Waals surface area contributed by atoms with Gasteiger partial charge in [0.05, 0.1) is 24.0 Å². The van der Waals surface area contributed by atoms with E-state index in [9.17, 15) is 0 Å². The molecule has 0 fully saturated rings. The lowest BCUT2D eigenvalue weighted by Crippen LogP contribution is -2.30. The first-order valence-electron chi connectivity index (χ1n) is 6.35. The molecule has 5 heteroatoms. The number of hydrogen-bond donors (Lipinski definition) is 2. The molecule has 0 saturated heterocycles. The number of ether oxygens (including phenoxy) is 1. The van der Waals surface area contributed by atoms with Gasteiger partial charge in [0.25, 0.3) is 0 Å². The van der Waals surface area contributed by atoms with Gasteiger partial charge in [0.15, 0.2) is 0 Å². The number of aryl methyl sites for hydroxylation is 2. The molecule has 0 spiro atoms. The summed E-state index contributed by atoms with van der Waals surface area (Å²) in [5, 5.41) is 4.36. The molecule has 0 amide bonds. The molecule has 1 unspecified atom stereocenters. The van der Waals surface area contributed by atoms with Gasteiger partial charge in [-0.1, -0.05) is 18.2 Å². The van der Waals surface area contributed by atoms with E-state index in [1.165, 1.54) is 0 Å². The molecule has 0 aliphatic carbocycles. The fraction of sp³-hybridized carbons (Fsp3) is 0.357. The first-order chi connectivity index (χ1) is 9.17. The van der Waals surface area contributed by atoms with Crippen LogP contribution in [-0.2, 0) is 7.05 Å². The maximum absolute atomic E-state index is 5.73. The van der Waals surface area contributed by atoms with Crippen LogP contribution in [0.1, 0.15) is 29.9 Å². The molecule has 0 aliphatic heterocycles. The highest BCUT2D eigenvalue weighted by atomic mass is 16.5. The van der Waals surface area contributed by atoms with Crippen LogP contribution in [0.15, 0.2) is 30.3 Å². The Morgan fingerprint density at radius 2 is 2.16 bits per heavy atom. The topological polar surface area (TPSA) is 65.1 Å². The van der Waals surface area contributed by atoms with Crippen molar-refractivity contribution in [3.05, 3.63) is 47.3 Å². The number of rotatable bonds is 5. The number of para-hydroxylation sites is 1. The quantitative estimate of drug-likeness (QED) is 0.634. The number of hydrogen-bond acceptors (Lipinski definition) is 4. The lowest BCUT2D eigenvalue weighted by Gasteiger charge is -2.19. The van der Waals surface area contributed by atoms with Gasteiger partial charge >= 0.3 is 0 Å². The molecule has 102 valence electrons. The molecular weight excluding hydrogens is 240 g/mol. The molecule has 0 saturated carbocycles. The van der Waals surface area contributed by atoms with Crippen molar-refractivity contribution in [2.24, 2.45) is 12.9 Å². The zero-order valence-corrected chi connectivity index (χ0v) is 11.6. The van der Waals surface area contributed by atoms with E-state index >= 15 is 0 Å². The Kier molecular flexibility index (Phi) is 4.19. The number of hydrazine groups is 1. The van der Waals surface area contributed by atoms with Gasteiger partial charge in [-0.05, 0) is 26.0 Å². The zero-order chi connectivity index (χ0) is 13.8. The molecule has 1 aromatic carbocycles. The normalized spacial score (nSPS) is 12.4. The Morgan fingerprint density at radius 1 is 1.42 bits per heavy atom. The molecule has 1 atom stereocenters. The first-order valence-corrected chi connectivity index (χ1v) is 6.35. The highest BCUT2D eigenvalue weighted by Gasteiger charge is 2.20. The summed E-state index contributed by atoms with van der Waals surface area (Å²) < 4.78 is 7.50. The van der Waals surface area contributed by atoms with Gasteiger partial charge in [-0.25, -0.2) is 5.43 Å². The molecule has 3 N–H and O–H groups in total. The summed E-state index contributed by atoms with van der Waals surface area (Å²) in [5.74, 6) is 6.57. The van der Waals surface area contributed by atoms with Gasteiger partial charge in [-0.3, -0.25) is 10.5 Å². The predicted molar refractivity (Wildman–Crippen MR) is 74.7 cm³/mol. The summed E-state index contributed by atoms with van der Waals surface area (Å²) in [4.78, 5) is 0. The molecular formula is C14H20N4O. The van der Waals surface area contributed by atoms with Gasteiger partial charge < -0.3 is 4.74 Å². The van der Waals surface area contributed by atoms with Crippen LogP contribution >= 0.6 is 0 Å². The Balaban J connectivity index is 2.45. The Morgan fingerprint density at radius 3 is 2.74 bits per heavy atom. The Labute approximate surface area is 113 Å². The summed E-state index contributed by atoms with van der Waals surface area (Å²) >= 11 is 0. The van der Waals surface area contributed by atoms with Crippen molar-refractivity contribution in [3.8, 4) is 5.75 Å². The van der Waals surface area contributed by atoms with Crippen LogP contribution in [0.3, 0.4) is 0 Å². The van der Waals surface area contributed by atoms with Gasteiger partial charge in [0, 0.05) is 12.6 Å². The maximum Gasteiger partial charge on any atom is 0.124 e. The van der Waals surface area contributed by atoms with E-state index in [0.29, 0.717) is 6.61 Å². The number of aromatic nitrogens is 2. The summed E-state index contributed by atoms with van der Waals surface area (Å²) in [5.41, 5.74) is 5.83. The van der Waals surface area contributed by atoms with Crippen LogP contribution in [0.4, 0.5) is 0 Å². The van der Waals surface area contributed by atoms with Crippen molar-refractivity contribution in [2.45, 2.75) is 19.9 Å².